The van der Waals surface area contributed by atoms with Crippen molar-refractivity contribution in [1.29, 1.82) is 0 Å². The van der Waals surface area contributed by atoms with E-state index in [0.29, 0.717) is 11.4 Å². The lowest BCUT2D eigenvalue weighted by Crippen LogP contribution is -2.31. The molecule has 2 aromatic rings. The predicted octanol–water partition coefficient (Wildman–Crippen LogP) is 3.57. The lowest BCUT2D eigenvalue weighted by molar-refractivity contribution is -0.131. The molecule has 0 spiro atoms. The number of carbonyl (C=O) groups is 1. The van der Waals surface area contributed by atoms with Gasteiger partial charge < -0.3 is 9.88 Å². The third-order valence-electron chi connectivity index (χ3n) is 3.82. The standard InChI is InChI=1S/C16H17ClN2O/c17-13-7-5-12(6-8-13)11-16(20)19-10-2-4-15(19)14-3-1-9-18-14/h1,3,5-9,15,18H,2,4,10-11H2. The Balaban J connectivity index is 1.71. The number of hydrogen-bond donors (Lipinski definition) is 1. The molecule has 3 nitrogen and oxygen atoms in total. The molecular formula is C16H17ClN2O. The van der Waals surface area contributed by atoms with Crippen LogP contribution in [0.25, 0.3) is 0 Å². The highest BCUT2D eigenvalue weighted by molar-refractivity contribution is 6.30. The molecule has 0 saturated carbocycles. The third kappa shape index (κ3) is 2.73. The van der Waals surface area contributed by atoms with Crippen LogP contribution in [0.5, 0.6) is 0 Å². The summed E-state index contributed by atoms with van der Waals surface area (Å²) in [5.41, 5.74) is 2.14. The SMILES string of the molecule is O=C(Cc1ccc(Cl)cc1)N1CCCC1c1ccc[nH]1. The van der Waals surface area contributed by atoms with Gasteiger partial charge in [0.2, 0.25) is 5.91 Å². The van der Waals surface area contributed by atoms with Crippen molar-refractivity contribution in [2.45, 2.75) is 25.3 Å². The van der Waals surface area contributed by atoms with Crippen LogP contribution in [-0.2, 0) is 11.2 Å². The molecule has 1 aliphatic rings. The molecule has 1 unspecified atom stereocenters. The second kappa shape index (κ2) is 5.71. The summed E-state index contributed by atoms with van der Waals surface area (Å²) in [5.74, 6) is 0.185. The first-order chi connectivity index (χ1) is 9.74. The highest BCUT2D eigenvalue weighted by atomic mass is 35.5. The average molecular weight is 289 g/mol. The summed E-state index contributed by atoms with van der Waals surface area (Å²) in [6, 6.07) is 11.7. The summed E-state index contributed by atoms with van der Waals surface area (Å²) in [6.07, 6.45) is 4.45. The fraction of sp³-hybridized carbons (Fsp3) is 0.312. The maximum absolute atomic E-state index is 12.5. The van der Waals surface area contributed by atoms with Gasteiger partial charge in [-0.15, -0.1) is 0 Å². The van der Waals surface area contributed by atoms with Crippen LogP contribution in [0.3, 0.4) is 0 Å². The van der Waals surface area contributed by atoms with Crippen LogP contribution in [0.4, 0.5) is 0 Å². The fourth-order valence-electron chi connectivity index (χ4n) is 2.82. The highest BCUT2D eigenvalue weighted by Crippen LogP contribution is 2.31. The number of hydrogen-bond acceptors (Lipinski definition) is 1. The summed E-state index contributed by atoms with van der Waals surface area (Å²) in [7, 11) is 0. The van der Waals surface area contributed by atoms with E-state index >= 15 is 0 Å². The Morgan fingerprint density at radius 2 is 2.10 bits per heavy atom. The summed E-state index contributed by atoms with van der Waals surface area (Å²) in [6.45, 7) is 0.843. The zero-order valence-electron chi connectivity index (χ0n) is 11.2. The molecule has 1 amide bonds. The third-order valence-corrected chi connectivity index (χ3v) is 4.07. The first-order valence-electron chi connectivity index (χ1n) is 6.91. The predicted molar refractivity (Wildman–Crippen MR) is 79.6 cm³/mol. The van der Waals surface area contributed by atoms with Gasteiger partial charge in [0, 0.05) is 23.5 Å². The summed E-state index contributed by atoms with van der Waals surface area (Å²) < 4.78 is 0. The number of amides is 1. The van der Waals surface area contributed by atoms with Crippen LogP contribution in [-0.4, -0.2) is 22.3 Å². The maximum Gasteiger partial charge on any atom is 0.227 e. The Morgan fingerprint density at radius 3 is 2.80 bits per heavy atom. The van der Waals surface area contributed by atoms with Gasteiger partial charge in [0.25, 0.3) is 0 Å². The monoisotopic (exact) mass is 288 g/mol. The van der Waals surface area contributed by atoms with Crippen molar-refractivity contribution >= 4 is 17.5 Å². The van der Waals surface area contributed by atoms with Crippen molar-refractivity contribution in [2.75, 3.05) is 6.54 Å². The Hall–Kier alpha value is -1.74. The Bertz CT molecular complexity index is 577. The molecule has 2 heterocycles. The minimum Gasteiger partial charge on any atom is -0.363 e. The van der Waals surface area contributed by atoms with Crippen molar-refractivity contribution in [3.8, 4) is 0 Å². The number of nitrogens with one attached hydrogen (secondary N) is 1. The zero-order valence-corrected chi connectivity index (χ0v) is 11.9. The molecule has 3 rings (SSSR count). The quantitative estimate of drug-likeness (QED) is 0.921. The van der Waals surface area contributed by atoms with E-state index in [0.717, 1.165) is 30.6 Å². The van der Waals surface area contributed by atoms with E-state index in [1.165, 1.54) is 0 Å². The van der Waals surface area contributed by atoms with Crippen LogP contribution >= 0.6 is 11.6 Å². The first-order valence-corrected chi connectivity index (χ1v) is 7.29. The summed E-state index contributed by atoms with van der Waals surface area (Å²) >= 11 is 5.87. The number of nitrogens with zero attached hydrogens (tertiary/aromatic N) is 1. The molecule has 0 aliphatic carbocycles. The normalized spacial score (nSPS) is 18.4. The number of halogens is 1. The number of rotatable bonds is 3. The molecule has 1 aromatic carbocycles. The van der Waals surface area contributed by atoms with Crippen molar-refractivity contribution in [3.05, 3.63) is 58.9 Å². The smallest absolute Gasteiger partial charge is 0.227 e. The highest BCUT2D eigenvalue weighted by Gasteiger charge is 2.30. The molecule has 4 heteroatoms. The van der Waals surface area contributed by atoms with Crippen molar-refractivity contribution in [3.63, 3.8) is 0 Å². The fourth-order valence-corrected chi connectivity index (χ4v) is 2.94. The van der Waals surface area contributed by atoms with E-state index in [4.69, 9.17) is 11.6 Å². The van der Waals surface area contributed by atoms with E-state index in [9.17, 15) is 4.79 Å². The molecule has 1 atom stereocenters. The lowest BCUT2D eigenvalue weighted by Gasteiger charge is -2.24. The molecular weight excluding hydrogens is 272 g/mol. The first kappa shape index (κ1) is 13.3. The Morgan fingerprint density at radius 1 is 1.30 bits per heavy atom. The number of carbonyl (C=O) groups excluding carboxylic acids is 1. The molecule has 1 N–H and O–H groups in total. The van der Waals surface area contributed by atoms with Crippen molar-refractivity contribution < 1.29 is 4.79 Å². The van der Waals surface area contributed by atoms with E-state index in [1.807, 2.05) is 41.4 Å². The van der Waals surface area contributed by atoms with Gasteiger partial charge in [-0.3, -0.25) is 4.79 Å². The number of benzene rings is 1. The zero-order chi connectivity index (χ0) is 13.9. The lowest BCUT2D eigenvalue weighted by atomic mass is 10.1. The molecule has 1 saturated heterocycles. The van der Waals surface area contributed by atoms with Gasteiger partial charge in [0.05, 0.1) is 12.5 Å². The van der Waals surface area contributed by atoms with Gasteiger partial charge in [-0.25, -0.2) is 0 Å². The second-order valence-corrected chi connectivity index (χ2v) is 5.61. The largest absolute Gasteiger partial charge is 0.363 e. The van der Waals surface area contributed by atoms with Gasteiger partial charge in [-0.05, 0) is 42.7 Å². The van der Waals surface area contributed by atoms with Crippen molar-refractivity contribution in [2.24, 2.45) is 0 Å². The molecule has 20 heavy (non-hydrogen) atoms. The minimum atomic E-state index is 0.185. The van der Waals surface area contributed by atoms with Crippen LogP contribution in [0.1, 0.15) is 30.1 Å². The molecule has 1 aliphatic heterocycles. The number of H-pyrrole nitrogens is 1. The Kier molecular flexibility index (Phi) is 3.79. The average Bonchev–Trinajstić information content (AvgIpc) is 3.11. The minimum absolute atomic E-state index is 0.185. The van der Waals surface area contributed by atoms with Crippen molar-refractivity contribution in [1.82, 2.24) is 9.88 Å². The van der Waals surface area contributed by atoms with E-state index in [-0.39, 0.29) is 11.9 Å². The summed E-state index contributed by atoms with van der Waals surface area (Å²) in [5, 5.41) is 0.701. The van der Waals surface area contributed by atoms with Gasteiger partial charge in [-0.1, -0.05) is 23.7 Å². The topological polar surface area (TPSA) is 36.1 Å². The molecule has 104 valence electrons. The van der Waals surface area contributed by atoms with E-state index < -0.39 is 0 Å². The van der Waals surface area contributed by atoms with E-state index in [1.54, 1.807) is 0 Å². The molecule has 1 aromatic heterocycles. The van der Waals surface area contributed by atoms with Crippen LogP contribution in [0.2, 0.25) is 5.02 Å². The van der Waals surface area contributed by atoms with Crippen LogP contribution < -0.4 is 0 Å². The summed E-state index contributed by atoms with van der Waals surface area (Å²) in [4.78, 5) is 17.7. The number of aromatic amines is 1. The molecule has 0 radical (unpaired) electrons. The van der Waals surface area contributed by atoms with Gasteiger partial charge in [0.1, 0.15) is 0 Å². The van der Waals surface area contributed by atoms with Gasteiger partial charge in [0.15, 0.2) is 0 Å². The number of aromatic nitrogens is 1. The maximum atomic E-state index is 12.5. The Labute approximate surface area is 123 Å². The number of likely N-dealkylation sites (tertiary alicyclic amines) is 1. The van der Waals surface area contributed by atoms with Crippen LogP contribution in [0, 0.1) is 0 Å². The van der Waals surface area contributed by atoms with Gasteiger partial charge >= 0.3 is 0 Å². The van der Waals surface area contributed by atoms with E-state index in [2.05, 4.69) is 11.1 Å². The molecule has 0 bridgehead atoms. The van der Waals surface area contributed by atoms with Crippen LogP contribution in [0.15, 0.2) is 42.6 Å². The van der Waals surface area contributed by atoms with Gasteiger partial charge in [-0.2, -0.15) is 0 Å². The second-order valence-electron chi connectivity index (χ2n) is 5.17. The molecule has 1 fully saturated rings.